The molecule has 5 nitrogen and oxygen atoms in total. The lowest BCUT2D eigenvalue weighted by atomic mass is 9.74. The van der Waals surface area contributed by atoms with Crippen molar-refractivity contribution in [3.8, 4) is 0 Å². The lowest BCUT2D eigenvalue weighted by molar-refractivity contribution is -0.137. The highest BCUT2D eigenvalue weighted by Crippen LogP contribution is 2.48. The number of hydrogen-bond acceptors (Lipinski definition) is 4. The smallest absolute Gasteiger partial charge is 0.339 e. The van der Waals surface area contributed by atoms with Gasteiger partial charge in [0.2, 0.25) is 5.91 Å². The van der Waals surface area contributed by atoms with E-state index in [0.29, 0.717) is 31.2 Å². The van der Waals surface area contributed by atoms with E-state index in [0.717, 1.165) is 31.7 Å². The van der Waals surface area contributed by atoms with Gasteiger partial charge in [-0.15, -0.1) is 12.4 Å². The molecule has 1 spiro atoms. The van der Waals surface area contributed by atoms with Crippen LogP contribution in [-0.4, -0.2) is 54.9 Å². The van der Waals surface area contributed by atoms with Gasteiger partial charge in [-0.25, -0.2) is 9.18 Å². The number of nitrogens with zero attached hydrogens (tertiary/aromatic N) is 2. The van der Waals surface area contributed by atoms with Crippen molar-refractivity contribution in [1.29, 1.82) is 0 Å². The van der Waals surface area contributed by atoms with Gasteiger partial charge in [-0.2, -0.15) is 0 Å². The van der Waals surface area contributed by atoms with Crippen LogP contribution in [0.5, 0.6) is 0 Å². The summed E-state index contributed by atoms with van der Waals surface area (Å²) in [5.41, 5.74) is 0.440. The summed E-state index contributed by atoms with van der Waals surface area (Å²) < 4.78 is 19.2. The van der Waals surface area contributed by atoms with Crippen molar-refractivity contribution in [2.45, 2.75) is 50.5 Å². The number of hydrogen-bond donors (Lipinski definition) is 0. The number of carbonyl (C=O) groups is 2. The van der Waals surface area contributed by atoms with E-state index in [4.69, 9.17) is 4.74 Å². The Bertz CT molecular complexity index is 758. The number of piperidine rings is 1. The summed E-state index contributed by atoms with van der Waals surface area (Å²) in [6, 6.07) is 4.31. The highest BCUT2D eigenvalue weighted by atomic mass is 35.5. The van der Waals surface area contributed by atoms with Crippen molar-refractivity contribution in [3.63, 3.8) is 0 Å². The largest absolute Gasteiger partial charge is 0.451 e. The predicted molar refractivity (Wildman–Crippen MR) is 111 cm³/mol. The van der Waals surface area contributed by atoms with Crippen molar-refractivity contribution in [1.82, 2.24) is 9.80 Å². The molecule has 7 heteroatoms. The van der Waals surface area contributed by atoms with Gasteiger partial charge < -0.3 is 14.5 Å². The molecule has 4 rings (SSSR count). The Morgan fingerprint density at radius 1 is 1.24 bits per heavy atom. The Balaban J connectivity index is 0.00000240. The third-order valence-corrected chi connectivity index (χ3v) is 6.70. The third-order valence-electron chi connectivity index (χ3n) is 6.70. The molecule has 3 aliphatic rings. The van der Waals surface area contributed by atoms with E-state index >= 15 is 0 Å². The molecule has 0 N–H and O–H groups in total. The molecule has 1 aliphatic carbocycles. The van der Waals surface area contributed by atoms with Crippen molar-refractivity contribution >= 4 is 24.3 Å². The van der Waals surface area contributed by atoms with Crippen LogP contribution in [0.2, 0.25) is 0 Å². The van der Waals surface area contributed by atoms with Crippen molar-refractivity contribution in [3.05, 3.63) is 35.1 Å². The zero-order valence-electron chi connectivity index (χ0n) is 17.0. The number of carbonyl (C=O) groups excluding carboxylic acids is 2. The van der Waals surface area contributed by atoms with Gasteiger partial charge in [0.05, 0.1) is 5.56 Å². The third kappa shape index (κ3) is 4.43. The Hall–Kier alpha value is -1.66. The van der Waals surface area contributed by atoms with E-state index in [1.54, 1.807) is 6.07 Å². The summed E-state index contributed by atoms with van der Waals surface area (Å²) in [6.07, 6.45) is 6.45. The molecular weight excluding hydrogens is 395 g/mol. The predicted octanol–water partition coefficient (Wildman–Crippen LogP) is 3.75. The number of rotatable bonds is 4. The number of esters is 1. The maximum absolute atomic E-state index is 13.5. The van der Waals surface area contributed by atoms with Gasteiger partial charge in [0.1, 0.15) is 11.4 Å². The Labute approximate surface area is 178 Å². The Kier molecular flexibility index (Phi) is 6.84. The second-order valence-electron chi connectivity index (χ2n) is 8.51. The molecule has 0 atom stereocenters. The zero-order valence-corrected chi connectivity index (χ0v) is 17.8. The summed E-state index contributed by atoms with van der Waals surface area (Å²) >= 11 is 0. The van der Waals surface area contributed by atoms with Crippen molar-refractivity contribution in [2.75, 3.05) is 33.2 Å². The van der Waals surface area contributed by atoms with Gasteiger partial charge in [-0.1, -0.05) is 12.5 Å². The molecule has 0 bridgehead atoms. The topological polar surface area (TPSA) is 49.9 Å². The molecule has 1 amide bonds. The second-order valence-corrected chi connectivity index (χ2v) is 8.51. The van der Waals surface area contributed by atoms with Gasteiger partial charge in [-0.05, 0) is 63.7 Å². The summed E-state index contributed by atoms with van der Waals surface area (Å²) in [4.78, 5) is 29.4. The lowest BCUT2D eigenvalue weighted by Gasteiger charge is -2.37. The van der Waals surface area contributed by atoms with E-state index < -0.39 is 17.4 Å². The minimum Gasteiger partial charge on any atom is -0.451 e. The number of benzene rings is 1. The van der Waals surface area contributed by atoms with Crippen LogP contribution in [0.15, 0.2) is 18.2 Å². The van der Waals surface area contributed by atoms with Crippen LogP contribution in [0, 0.1) is 11.7 Å². The minimum atomic E-state index is -0.677. The van der Waals surface area contributed by atoms with E-state index in [1.807, 2.05) is 11.9 Å². The molecule has 0 aromatic heterocycles. The molecular formula is C22H30ClFN2O3. The van der Waals surface area contributed by atoms with Crippen LogP contribution in [0.1, 0.15) is 60.9 Å². The molecule has 1 aromatic carbocycles. The maximum atomic E-state index is 13.5. The van der Waals surface area contributed by atoms with E-state index in [9.17, 15) is 14.0 Å². The van der Waals surface area contributed by atoms with Crippen LogP contribution in [0.4, 0.5) is 4.39 Å². The highest BCUT2D eigenvalue weighted by molar-refractivity contribution is 5.94. The standard InChI is InChI=1S/C22H29FN2O3.ClH/c1-24(13-14-25-11-3-2-4-12-25)20(26)16-7-9-22(10-8-16)19-6-5-17(23)15-18(19)21(27)28-22;/h5-6,15-16H,2-4,7-14H2,1H3;1H. The van der Waals surface area contributed by atoms with Crippen LogP contribution < -0.4 is 0 Å². The molecule has 0 radical (unpaired) electrons. The maximum Gasteiger partial charge on any atom is 0.339 e. The first-order chi connectivity index (χ1) is 13.5. The monoisotopic (exact) mass is 424 g/mol. The normalized spacial score (nSPS) is 26.6. The fourth-order valence-corrected chi connectivity index (χ4v) is 4.97. The van der Waals surface area contributed by atoms with Crippen molar-refractivity contribution in [2.24, 2.45) is 5.92 Å². The molecule has 1 saturated heterocycles. The van der Waals surface area contributed by atoms with Crippen LogP contribution >= 0.6 is 12.4 Å². The summed E-state index contributed by atoms with van der Waals surface area (Å²) in [5.74, 6) is -0.708. The Morgan fingerprint density at radius 2 is 1.93 bits per heavy atom. The van der Waals surface area contributed by atoms with E-state index in [-0.39, 0.29) is 24.2 Å². The lowest BCUT2D eigenvalue weighted by Crippen LogP contribution is -2.43. The van der Waals surface area contributed by atoms with E-state index in [1.165, 1.54) is 31.4 Å². The quantitative estimate of drug-likeness (QED) is 0.691. The van der Waals surface area contributed by atoms with Crippen LogP contribution in [0.3, 0.4) is 0 Å². The number of likely N-dealkylation sites (tertiary alicyclic amines) is 1. The van der Waals surface area contributed by atoms with Gasteiger partial charge in [-0.3, -0.25) is 4.79 Å². The summed E-state index contributed by atoms with van der Waals surface area (Å²) in [6.45, 7) is 3.98. The van der Waals surface area contributed by atoms with Crippen LogP contribution in [0.25, 0.3) is 0 Å². The molecule has 2 fully saturated rings. The van der Waals surface area contributed by atoms with Crippen molar-refractivity contribution < 1.29 is 18.7 Å². The molecule has 2 heterocycles. The number of amides is 1. The molecule has 29 heavy (non-hydrogen) atoms. The number of likely N-dealkylation sites (N-methyl/N-ethyl adjacent to an activating group) is 1. The van der Waals surface area contributed by atoms with Crippen LogP contribution in [-0.2, 0) is 15.1 Å². The average Bonchev–Trinajstić information content (AvgIpc) is 2.97. The van der Waals surface area contributed by atoms with E-state index in [2.05, 4.69) is 4.90 Å². The summed E-state index contributed by atoms with van der Waals surface area (Å²) in [5, 5.41) is 0. The molecule has 2 aliphatic heterocycles. The summed E-state index contributed by atoms with van der Waals surface area (Å²) in [7, 11) is 1.89. The zero-order chi connectivity index (χ0) is 19.7. The van der Waals surface area contributed by atoms with Gasteiger partial charge in [0.25, 0.3) is 0 Å². The first kappa shape index (κ1) is 22.0. The minimum absolute atomic E-state index is 0. The van der Waals surface area contributed by atoms with Gasteiger partial charge in [0, 0.05) is 31.6 Å². The molecule has 1 aromatic rings. The average molecular weight is 425 g/mol. The second kappa shape index (κ2) is 9.00. The SMILES string of the molecule is CN(CCN1CCCCC1)C(=O)C1CCC2(CC1)OC(=O)c1cc(F)ccc12.Cl. The van der Waals surface area contributed by atoms with Gasteiger partial charge in [0.15, 0.2) is 0 Å². The number of halogens is 2. The molecule has 160 valence electrons. The first-order valence-electron chi connectivity index (χ1n) is 10.5. The highest BCUT2D eigenvalue weighted by Gasteiger charge is 2.48. The Morgan fingerprint density at radius 3 is 2.62 bits per heavy atom. The number of ether oxygens (including phenoxy) is 1. The number of fused-ring (bicyclic) bond motifs is 2. The first-order valence-corrected chi connectivity index (χ1v) is 10.5. The van der Waals surface area contributed by atoms with Gasteiger partial charge >= 0.3 is 5.97 Å². The fourth-order valence-electron chi connectivity index (χ4n) is 4.97. The molecule has 1 saturated carbocycles. The fraction of sp³-hybridized carbons (Fsp3) is 0.636. The molecule has 0 unspecified atom stereocenters.